The minimum Gasteiger partial charge on any atom is -0.446 e. The number of ether oxygens (including phenoxy) is 1. The van der Waals surface area contributed by atoms with Crippen molar-refractivity contribution in [2.45, 2.75) is 19.1 Å². The number of nitrogens with zero attached hydrogens (tertiary/aromatic N) is 2. The van der Waals surface area contributed by atoms with Crippen molar-refractivity contribution < 1.29 is 23.9 Å². The SMILES string of the molecule is C[C@@H](C(=O)O[C@H](C(=O)N(C)C)c1ccccc1)N1C(=O)c2ccccc2C1=O. The van der Waals surface area contributed by atoms with E-state index in [1.165, 1.54) is 24.0 Å². The molecule has 1 aliphatic heterocycles. The van der Waals surface area contributed by atoms with E-state index in [1.807, 2.05) is 0 Å². The molecule has 2 aromatic carbocycles. The van der Waals surface area contributed by atoms with Gasteiger partial charge in [-0.05, 0) is 19.1 Å². The zero-order valence-corrected chi connectivity index (χ0v) is 15.8. The van der Waals surface area contributed by atoms with Gasteiger partial charge in [0, 0.05) is 19.7 Å². The largest absolute Gasteiger partial charge is 0.446 e. The van der Waals surface area contributed by atoms with Gasteiger partial charge in [-0.2, -0.15) is 0 Å². The number of esters is 1. The molecule has 0 bridgehead atoms. The van der Waals surface area contributed by atoms with Gasteiger partial charge >= 0.3 is 5.97 Å². The van der Waals surface area contributed by atoms with Gasteiger partial charge in [-0.3, -0.25) is 19.3 Å². The predicted octanol–water partition coefficient (Wildman–Crippen LogP) is 2.04. The fraction of sp³-hybridized carbons (Fsp3) is 0.238. The number of likely N-dealkylation sites (N-methyl/N-ethyl adjacent to an activating group) is 1. The number of fused-ring (bicyclic) bond motifs is 1. The first-order valence-electron chi connectivity index (χ1n) is 8.76. The number of carbonyl (C=O) groups is 4. The molecule has 0 radical (unpaired) electrons. The van der Waals surface area contributed by atoms with Crippen LogP contribution in [-0.4, -0.2) is 53.6 Å². The average molecular weight is 380 g/mol. The summed E-state index contributed by atoms with van der Waals surface area (Å²) in [6, 6.07) is 13.8. The molecule has 0 spiro atoms. The Kier molecular flexibility index (Phi) is 5.26. The van der Waals surface area contributed by atoms with Crippen LogP contribution in [0.5, 0.6) is 0 Å². The number of rotatable bonds is 5. The highest BCUT2D eigenvalue weighted by Gasteiger charge is 2.42. The van der Waals surface area contributed by atoms with E-state index in [2.05, 4.69) is 0 Å². The molecule has 0 unspecified atom stereocenters. The molecule has 28 heavy (non-hydrogen) atoms. The summed E-state index contributed by atoms with van der Waals surface area (Å²) < 4.78 is 5.45. The molecule has 0 saturated carbocycles. The summed E-state index contributed by atoms with van der Waals surface area (Å²) in [5, 5.41) is 0. The number of amides is 3. The van der Waals surface area contributed by atoms with Gasteiger partial charge in [-0.15, -0.1) is 0 Å². The van der Waals surface area contributed by atoms with E-state index in [0.717, 1.165) is 4.90 Å². The standard InChI is InChI=1S/C21H20N2O5/c1-13(23-18(24)15-11-7-8-12-16(15)19(23)25)21(27)28-17(20(26)22(2)3)14-9-5-4-6-10-14/h4-13,17H,1-3H3/t13-,17-/m0/s1. The number of hydrogen-bond donors (Lipinski definition) is 0. The molecule has 144 valence electrons. The Morgan fingerprint density at radius 2 is 1.39 bits per heavy atom. The van der Waals surface area contributed by atoms with E-state index >= 15 is 0 Å². The third kappa shape index (κ3) is 3.38. The van der Waals surface area contributed by atoms with Gasteiger partial charge in [0.05, 0.1) is 11.1 Å². The molecular formula is C21H20N2O5. The van der Waals surface area contributed by atoms with Crippen molar-refractivity contribution in [2.24, 2.45) is 0 Å². The molecule has 2 aromatic rings. The van der Waals surface area contributed by atoms with Crippen LogP contribution in [0, 0.1) is 0 Å². The van der Waals surface area contributed by atoms with Crippen LogP contribution in [0.3, 0.4) is 0 Å². The van der Waals surface area contributed by atoms with Crippen molar-refractivity contribution >= 4 is 23.7 Å². The Balaban J connectivity index is 1.84. The van der Waals surface area contributed by atoms with Crippen molar-refractivity contribution in [1.82, 2.24) is 9.80 Å². The first-order valence-corrected chi connectivity index (χ1v) is 8.76. The molecule has 2 atom stereocenters. The second kappa shape index (κ2) is 7.64. The highest BCUT2D eigenvalue weighted by molar-refractivity contribution is 6.22. The number of imide groups is 1. The van der Waals surface area contributed by atoms with Crippen molar-refractivity contribution in [3.05, 3.63) is 71.3 Å². The van der Waals surface area contributed by atoms with E-state index in [9.17, 15) is 19.2 Å². The zero-order valence-electron chi connectivity index (χ0n) is 15.8. The molecule has 0 N–H and O–H groups in total. The third-order valence-electron chi connectivity index (χ3n) is 4.56. The summed E-state index contributed by atoms with van der Waals surface area (Å²) in [6.45, 7) is 1.41. The molecule has 1 aliphatic rings. The number of benzene rings is 2. The molecule has 7 heteroatoms. The van der Waals surface area contributed by atoms with E-state index < -0.39 is 35.8 Å². The van der Waals surface area contributed by atoms with Crippen LogP contribution in [0.4, 0.5) is 0 Å². The van der Waals surface area contributed by atoms with Crippen LogP contribution in [-0.2, 0) is 14.3 Å². The Morgan fingerprint density at radius 3 is 1.89 bits per heavy atom. The Morgan fingerprint density at radius 1 is 0.893 bits per heavy atom. The fourth-order valence-corrected chi connectivity index (χ4v) is 3.00. The summed E-state index contributed by atoms with van der Waals surface area (Å²) >= 11 is 0. The average Bonchev–Trinajstić information content (AvgIpc) is 2.96. The van der Waals surface area contributed by atoms with Gasteiger partial charge in [-0.25, -0.2) is 4.79 Å². The summed E-state index contributed by atoms with van der Waals surface area (Å²) in [7, 11) is 3.11. The maximum atomic E-state index is 12.7. The minimum atomic E-state index is -1.17. The lowest BCUT2D eigenvalue weighted by Gasteiger charge is -2.25. The summed E-state index contributed by atoms with van der Waals surface area (Å²) in [4.78, 5) is 52.6. The monoisotopic (exact) mass is 380 g/mol. The van der Waals surface area contributed by atoms with Crippen molar-refractivity contribution in [3.63, 3.8) is 0 Å². The Hall–Kier alpha value is -3.48. The quantitative estimate of drug-likeness (QED) is 0.586. The molecule has 1 heterocycles. The maximum absolute atomic E-state index is 12.7. The Labute approximate surface area is 162 Å². The van der Waals surface area contributed by atoms with Crippen molar-refractivity contribution in [1.29, 1.82) is 0 Å². The molecule has 3 rings (SSSR count). The fourth-order valence-electron chi connectivity index (χ4n) is 3.00. The van der Waals surface area contributed by atoms with E-state index in [4.69, 9.17) is 4.74 Å². The normalized spacial score (nSPS) is 15.0. The lowest BCUT2D eigenvalue weighted by molar-refractivity contribution is -0.162. The zero-order chi connectivity index (χ0) is 20.4. The first kappa shape index (κ1) is 19.3. The highest BCUT2D eigenvalue weighted by atomic mass is 16.6. The summed E-state index contributed by atoms with van der Waals surface area (Å²) in [5.74, 6) is -2.37. The molecule has 0 fully saturated rings. The van der Waals surface area contributed by atoms with Crippen molar-refractivity contribution in [3.8, 4) is 0 Å². The topological polar surface area (TPSA) is 84.0 Å². The van der Waals surface area contributed by atoms with Crippen LogP contribution in [0.25, 0.3) is 0 Å². The van der Waals surface area contributed by atoms with Crippen LogP contribution in [0.1, 0.15) is 39.3 Å². The predicted molar refractivity (Wildman–Crippen MR) is 100 cm³/mol. The molecule has 0 aliphatic carbocycles. The van der Waals surface area contributed by atoms with Crippen LogP contribution in [0.2, 0.25) is 0 Å². The lowest BCUT2D eigenvalue weighted by Crippen LogP contribution is -2.45. The van der Waals surface area contributed by atoms with Crippen molar-refractivity contribution in [2.75, 3.05) is 14.1 Å². The van der Waals surface area contributed by atoms with E-state index in [0.29, 0.717) is 5.56 Å². The maximum Gasteiger partial charge on any atom is 0.330 e. The second-order valence-corrected chi connectivity index (χ2v) is 6.66. The van der Waals surface area contributed by atoms with Gasteiger partial charge in [-0.1, -0.05) is 42.5 Å². The van der Waals surface area contributed by atoms with Gasteiger partial charge < -0.3 is 9.64 Å². The van der Waals surface area contributed by atoms with Gasteiger partial charge in [0.15, 0.2) is 0 Å². The van der Waals surface area contributed by atoms with Gasteiger partial charge in [0.1, 0.15) is 6.04 Å². The molecule has 0 saturated heterocycles. The lowest BCUT2D eigenvalue weighted by atomic mass is 10.1. The molecular weight excluding hydrogens is 360 g/mol. The smallest absolute Gasteiger partial charge is 0.330 e. The van der Waals surface area contributed by atoms with E-state index in [1.54, 1.807) is 56.6 Å². The highest BCUT2D eigenvalue weighted by Crippen LogP contribution is 2.26. The first-order chi connectivity index (χ1) is 13.3. The van der Waals surface area contributed by atoms with Crippen LogP contribution in [0.15, 0.2) is 54.6 Å². The molecule has 7 nitrogen and oxygen atoms in total. The number of carbonyl (C=O) groups excluding carboxylic acids is 4. The van der Waals surface area contributed by atoms with Gasteiger partial charge in [0.2, 0.25) is 6.10 Å². The summed E-state index contributed by atoms with van der Waals surface area (Å²) in [5.41, 5.74) is 0.997. The third-order valence-corrected chi connectivity index (χ3v) is 4.56. The molecule has 3 amide bonds. The second-order valence-electron chi connectivity index (χ2n) is 6.66. The number of hydrogen-bond acceptors (Lipinski definition) is 5. The van der Waals surface area contributed by atoms with Gasteiger partial charge in [0.25, 0.3) is 17.7 Å². The van der Waals surface area contributed by atoms with Crippen LogP contribution >= 0.6 is 0 Å². The Bertz CT molecular complexity index is 904. The molecule has 0 aromatic heterocycles. The van der Waals surface area contributed by atoms with E-state index in [-0.39, 0.29) is 11.1 Å². The van der Waals surface area contributed by atoms with Crippen LogP contribution < -0.4 is 0 Å². The summed E-state index contributed by atoms with van der Waals surface area (Å²) in [6.07, 6.45) is -1.17. The minimum absolute atomic E-state index is 0.246.